The lowest BCUT2D eigenvalue weighted by Crippen LogP contribution is -1.93. The summed E-state index contributed by atoms with van der Waals surface area (Å²) in [5.74, 6) is 1.51. The van der Waals surface area contributed by atoms with Gasteiger partial charge in [-0.25, -0.2) is 0 Å². The van der Waals surface area contributed by atoms with E-state index in [1.54, 1.807) is 24.9 Å². The third kappa shape index (κ3) is 3.25. The van der Waals surface area contributed by atoms with Gasteiger partial charge in [0.05, 0.1) is 18.7 Å². The molecule has 0 aliphatic carbocycles. The van der Waals surface area contributed by atoms with Gasteiger partial charge in [0.15, 0.2) is 0 Å². The van der Waals surface area contributed by atoms with Gasteiger partial charge in [-0.3, -0.25) is 0 Å². The van der Waals surface area contributed by atoms with Crippen molar-refractivity contribution in [1.82, 2.24) is 0 Å². The van der Waals surface area contributed by atoms with Crippen molar-refractivity contribution < 1.29 is 4.74 Å². The number of methoxy groups -OCH3 is 1. The van der Waals surface area contributed by atoms with Gasteiger partial charge in [-0.05, 0) is 42.8 Å². The van der Waals surface area contributed by atoms with Crippen LogP contribution in [0.2, 0.25) is 0 Å². The highest BCUT2D eigenvalue weighted by molar-refractivity contribution is 7.98. The molecule has 0 fully saturated rings. The normalized spacial score (nSPS) is 10.1. The number of thioether (sulfide) groups is 1. The molecule has 0 bridgehead atoms. The first kappa shape index (κ1) is 14.3. The maximum absolute atomic E-state index is 8.97. The van der Waals surface area contributed by atoms with E-state index in [1.807, 2.05) is 37.3 Å². The quantitative estimate of drug-likeness (QED) is 0.686. The van der Waals surface area contributed by atoms with Gasteiger partial charge in [0, 0.05) is 21.9 Å². The maximum atomic E-state index is 8.97. The number of hydrogen-bond donors (Lipinski definition) is 1. The van der Waals surface area contributed by atoms with Crippen molar-refractivity contribution in [2.24, 2.45) is 0 Å². The molecule has 0 aromatic heterocycles. The largest absolute Gasteiger partial charge is 0.496 e. The number of aryl methyl sites for hydroxylation is 1. The highest BCUT2D eigenvalue weighted by Crippen LogP contribution is 2.32. The van der Waals surface area contributed by atoms with E-state index in [0.717, 1.165) is 27.5 Å². The Bertz CT molecular complexity index is 662. The van der Waals surface area contributed by atoms with Crippen molar-refractivity contribution >= 4 is 17.4 Å². The SMILES string of the molecule is COc1ccc(C#N)cc1CSc1ccc(C)cc1N. The molecule has 0 aliphatic heterocycles. The van der Waals surface area contributed by atoms with Crippen molar-refractivity contribution in [3.8, 4) is 11.8 Å². The van der Waals surface area contributed by atoms with E-state index in [9.17, 15) is 0 Å². The van der Waals surface area contributed by atoms with E-state index in [1.165, 1.54) is 0 Å². The molecule has 0 atom stereocenters. The zero-order chi connectivity index (χ0) is 14.5. The summed E-state index contributed by atoms with van der Waals surface area (Å²) in [6, 6.07) is 13.6. The summed E-state index contributed by atoms with van der Waals surface area (Å²) in [6.07, 6.45) is 0. The predicted molar refractivity (Wildman–Crippen MR) is 82.9 cm³/mol. The number of rotatable bonds is 4. The van der Waals surface area contributed by atoms with Crippen LogP contribution in [0.1, 0.15) is 16.7 Å². The molecule has 102 valence electrons. The van der Waals surface area contributed by atoms with Gasteiger partial charge in [0.25, 0.3) is 0 Å². The standard InChI is InChI=1S/C16H16N2OS/c1-11-3-6-16(14(18)7-11)20-10-13-8-12(9-17)4-5-15(13)19-2/h3-8H,10,18H2,1-2H3. The van der Waals surface area contributed by atoms with Crippen LogP contribution in [0.25, 0.3) is 0 Å². The summed E-state index contributed by atoms with van der Waals surface area (Å²) in [4.78, 5) is 1.04. The monoisotopic (exact) mass is 284 g/mol. The number of nitriles is 1. The molecular weight excluding hydrogens is 268 g/mol. The number of benzene rings is 2. The summed E-state index contributed by atoms with van der Waals surface area (Å²) >= 11 is 1.64. The van der Waals surface area contributed by atoms with E-state index in [0.29, 0.717) is 11.3 Å². The molecule has 0 unspecified atom stereocenters. The highest BCUT2D eigenvalue weighted by Gasteiger charge is 2.07. The summed E-state index contributed by atoms with van der Waals surface area (Å²) < 4.78 is 5.33. The van der Waals surface area contributed by atoms with Crippen LogP contribution in [0.5, 0.6) is 5.75 Å². The van der Waals surface area contributed by atoms with E-state index in [2.05, 4.69) is 6.07 Å². The van der Waals surface area contributed by atoms with Crippen LogP contribution in [0.15, 0.2) is 41.3 Å². The molecule has 2 aromatic rings. The molecule has 2 rings (SSSR count). The van der Waals surface area contributed by atoms with Crippen molar-refractivity contribution in [2.45, 2.75) is 17.6 Å². The van der Waals surface area contributed by atoms with E-state index >= 15 is 0 Å². The third-order valence-electron chi connectivity index (χ3n) is 2.96. The summed E-state index contributed by atoms with van der Waals surface area (Å²) in [7, 11) is 1.63. The van der Waals surface area contributed by atoms with E-state index < -0.39 is 0 Å². The Labute approximate surface area is 123 Å². The first-order valence-electron chi connectivity index (χ1n) is 6.20. The second-order valence-corrected chi connectivity index (χ2v) is 5.49. The second-order valence-electron chi connectivity index (χ2n) is 4.47. The number of nitrogens with two attached hydrogens (primary N) is 1. The molecule has 2 N–H and O–H groups in total. The molecule has 4 heteroatoms. The molecule has 20 heavy (non-hydrogen) atoms. The average Bonchev–Trinajstić information content (AvgIpc) is 2.46. The van der Waals surface area contributed by atoms with Gasteiger partial charge < -0.3 is 10.5 Å². The molecule has 0 radical (unpaired) electrons. The Morgan fingerprint density at radius 3 is 2.70 bits per heavy atom. The fourth-order valence-electron chi connectivity index (χ4n) is 1.92. The number of nitrogens with zero attached hydrogens (tertiary/aromatic N) is 1. The van der Waals surface area contributed by atoms with Gasteiger partial charge in [-0.15, -0.1) is 11.8 Å². The van der Waals surface area contributed by atoms with Crippen molar-refractivity contribution in [2.75, 3.05) is 12.8 Å². The van der Waals surface area contributed by atoms with Crippen molar-refractivity contribution in [3.05, 3.63) is 53.1 Å². The highest BCUT2D eigenvalue weighted by atomic mass is 32.2. The molecule has 3 nitrogen and oxygen atoms in total. The number of ether oxygens (including phenoxy) is 1. The summed E-state index contributed by atoms with van der Waals surface area (Å²) in [5, 5.41) is 8.97. The number of nitrogen functional groups attached to an aromatic ring is 1. The van der Waals surface area contributed by atoms with E-state index in [4.69, 9.17) is 15.7 Å². The zero-order valence-corrected chi connectivity index (χ0v) is 12.3. The van der Waals surface area contributed by atoms with Crippen molar-refractivity contribution in [3.63, 3.8) is 0 Å². The predicted octanol–water partition coefficient (Wildman–Crippen LogP) is 3.75. The van der Waals surface area contributed by atoms with Gasteiger partial charge in [0.1, 0.15) is 5.75 Å². The van der Waals surface area contributed by atoms with Crippen LogP contribution in [0.3, 0.4) is 0 Å². The Morgan fingerprint density at radius 2 is 2.05 bits per heavy atom. The van der Waals surface area contributed by atoms with Crippen LogP contribution >= 0.6 is 11.8 Å². The molecule has 0 spiro atoms. The smallest absolute Gasteiger partial charge is 0.122 e. The van der Waals surface area contributed by atoms with Gasteiger partial charge in [-0.2, -0.15) is 5.26 Å². The van der Waals surface area contributed by atoms with Gasteiger partial charge >= 0.3 is 0 Å². The molecule has 0 saturated carbocycles. The molecular formula is C16H16N2OS. The van der Waals surface area contributed by atoms with Crippen LogP contribution in [-0.4, -0.2) is 7.11 Å². The molecule has 0 aliphatic rings. The minimum atomic E-state index is 0.637. The minimum absolute atomic E-state index is 0.637. The van der Waals surface area contributed by atoms with Crippen LogP contribution in [0, 0.1) is 18.3 Å². The number of hydrogen-bond acceptors (Lipinski definition) is 4. The Kier molecular flexibility index (Phi) is 4.54. The molecule has 0 heterocycles. The first-order valence-corrected chi connectivity index (χ1v) is 7.18. The topological polar surface area (TPSA) is 59.0 Å². The van der Waals surface area contributed by atoms with Gasteiger partial charge in [-0.1, -0.05) is 6.07 Å². The lowest BCUT2D eigenvalue weighted by molar-refractivity contribution is 0.411. The lowest BCUT2D eigenvalue weighted by Gasteiger charge is -2.10. The average molecular weight is 284 g/mol. The minimum Gasteiger partial charge on any atom is -0.496 e. The van der Waals surface area contributed by atoms with E-state index in [-0.39, 0.29) is 0 Å². The maximum Gasteiger partial charge on any atom is 0.122 e. The van der Waals surface area contributed by atoms with Gasteiger partial charge in [0.2, 0.25) is 0 Å². The van der Waals surface area contributed by atoms with Crippen LogP contribution in [-0.2, 0) is 5.75 Å². The Hall–Kier alpha value is -2.12. The molecule has 0 amide bonds. The molecule has 2 aromatic carbocycles. The second kappa shape index (κ2) is 6.36. The fraction of sp³-hybridized carbons (Fsp3) is 0.188. The van der Waals surface area contributed by atoms with Crippen molar-refractivity contribution in [1.29, 1.82) is 5.26 Å². The fourth-order valence-corrected chi connectivity index (χ4v) is 2.84. The first-order chi connectivity index (χ1) is 9.63. The summed E-state index contributed by atoms with van der Waals surface area (Å²) in [5.41, 5.74) is 9.57. The lowest BCUT2D eigenvalue weighted by atomic mass is 10.1. The van der Waals surface area contributed by atoms with Crippen LogP contribution in [0.4, 0.5) is 5.69 Å². The Morgan fingerprint density at radius 1 is 1.25 bits per heavy atom. The Balaban J connectivity index is 2.20. The number of anilines is 1. The summed E-state index contributed by atoms with van der Waals surface area (Å²) in [6.45, 7) is 2.02. The zero-order valence-electron chi connectivity index (χ0n) is 11.5. The van der Waals surface area contributed by atoms with Crippen LogP contribution < -0.4 is 10.5 Å². The third-order valence-corrected chi connectivity index (χ3v) is 4.10. The molecule has 0 saturated heterocycles.